The first kappa shape index (κ1) is 22.9. The maximum atomic E-state index is 13.1. The molecule has 0 atom stereocenters. The minimum atomic E-state index is -3.72. The van der Waals surface area contributed by atoms with E-state index in [0.29, 0.717) is 36.3 Å². The maximum Gasteiger partial charge on any atom is 0.246 e. The third-order valence-corrected chi connectivity index (χ3v) is 7.44. The number of hydrogen-bond acceptors (Lipinski definition) is 6. The molecule has 1 N–H and O–H groups in total. The van der Waals surface area contributed by atoms with Gasteiger partial charge in [-0.25, -0.2) is 8.42 Å². The standard InChI is InChI=1S/C23H26N4O5S/c1-2-32-21-10-9-17(15-22(21)33(30,31)26-12-5-6-13-26)25-23(29)11-14-27-19-8-4-3-7-18(19)20(28)16-24-27/h3-4,7-10,15-16H,2,5-6,11-14H2,1H3,(H,25,29). The van der Waals surface area contributed by atoms with Crippen LogP contribution in [0.25, 0.3) is 10.9 Å². The zero-order valence-corrected chi connectivity index (χ0v) is 19.2. The number of amides is 1. The zero-order valence-electron chi connectivity index (χ0n) is 18.4. The van der Waals surface area contributed by atoms with Crippen molar-refractivity contribution in [3.05, 3.63) is 58.9 Å². The molecule has 4 rings (SSSR count). The minimum absolute atomic E-state index is 0.0529. The number of sulfonamides is 1. The number of para-hydroxylation sites is 1. The Kier molecular flexibility index (Phi) is 6.75. The van der Waals surface area contributed by atoms with E-state index < -0.39 is 10.0 Å². The Labute approximate surface area is 192 Å². The van der Waals surface area contributed by atoms with Crippen molar-refractivity contribution in [2.24, 2.45) is 0 Å². The maximum absolute atomic E-state index is 13.1. The van der Waals surface area contributed by atoms with Crippen LogP contribution in [0.4, 0.5) is 5.69 Å². The van der Waals surface area contributed by atoms with Crippen molar-refractivity contribution in [2.45, 2.75) is 37.6 Å². The van der Waals surface area contributed by atoms with E-state index >= 15 is 0 Å². The van der Waals surface area contributed by atoms with E-state index in [-0.39, 0.29) is 34.9 Å². The highest BCUT2D eigenvalue weighted by molar-refractivity contribution is 7.89. The van der Waals surface area contributed by atoms with Gasteiger partial charge in [0, 0.05) is 30.6 Å². The molecular formula is C23H26N4O5S. The summed E-state index contributed by atoms with van der Waals surface area (Å²) in [5.74, 6) is -0.0282. The van der Waals surface area contributed by atoms with Crippen LogP contribution in [0.1, 0.15) is 26.2 Å². The van der Waals surface area contributed by atoms with E-state index in [1.807, 2.05) is 6.07 Å². The van der Waals surface area contributed by atoms with Crippen molar-refractivity contribution < 1.29 is 17.9 Å². The van der Waals surface area contributed by atoms with Gasteiger partial charge in [-0.1, -0.05) is 12.1 Å². The molecule has 0 aliphatic carbocycles. The number of benzene rings is 2. The van der Waals surface area contributed by atoms with Gasteiger partial charge < -0.3 is 10.1 Å². The summed E-state index contributed by atoms with van der Waals surface area (Å²) in [6.45, 7) is 3.34. The molecular weight excluding hydrogens is 444 g/mol. The highest BCUT2D eigenvalue weighted by Crippen LogP contribution is 2.31. The molecule has 10 heteroatoms. The molecule has 1 amide bonds. The van der Waals surface area contributed by atoms with Crippen molar-refractivity contribution >= 4 is 32.5 Å². The second-order valence-corrected chi connectivity index (χ2v) is 9.66. The lowest BCUT2D eigenvalue weighted by atomic mass is 10.2. The number of hydrogen-bond donors (Lipinski definition) is 1. The van der Waals surface area contributed by atoms with Crippen molar-refractivity contribution in [1.82, 2.24) is 14.1 Å². The Hall–Kier alpha value is -3.24. The molecule has 2 heterocycles. The topological polar surface area (TPSA) is 111 Å². The molecule has 2 aromatic carbocycles. The van der Waals surface area contributed by atoms with Crippen LogP contribution in [0, 0.1) is 0 Å². The largest absolute Gasteiger partial charge is 0.492 e. The lowest BCUT2D eigenvalue weighted by molar-refractivity contribution is -0.116. The molecule has 0 saturated carbocycles. The summed E-state index contributed by atoms with van der Waals surface area (Å²) >= 11 is 0. The fraction of sp³-hybridized carbons (Fsp3) is 0.348. The predicted octanol–water partition coefficient (Wildman–Crippen LogP) is 2.61. The van der Waals surface area contributed by atoms with Crippen LogP contribution in [0.3, 0.4) is 0 Å². The molecule has 1 aromatic heterocycles. The van der Waals surface area contributed by atoms with E-state index in [2.05, 4.69) is 10.4 Å². The molecule has 1 saturated heterocycles. The van der Waals surface area contributed by atoms with Crippen LogP contribution in [0.2, 0.25) is 0 Å². The molecule has 0 spiro atoms. The molecule has 0 bridgehead atoms. The Morgan fingerprint density at radius 3 is 2.67 bits per heavy atom. The van der Waals surface area contributed by atoms with Gasteiger partial charge in [0.1, 0.15) is 10.6 Å². The summed E-state index contributed by atoms with van der Waals surface area (Å²) in [7, 11) is -3.72. The minimum Gasteiger partial charge on any atom is -0.492 e. The summed E-state index contributed by atoms with van der Waals surface area (Å²) in [6.07, 6.45) is 2.99. The number of fused-ring (bicyclic) bond motifs is 1. The number of carbonyl (C=O) groups is 1. The number of nitrogens with one attached hydrogen (secondary N) is 1. The molecule has 1 aliphatic heterocycles. The third kappa shape index (κ3) is 4.91. The molecule has 3 aromatic rings. The normalized spacial score (nSPS) is 14.5. The van der Waals surface area contributed by atoms with Crippen LogP contribution in [0.5, 0.6) is 5.75 Å². The van der Waals surface area contributed by atoms with Crippen LogP contribution >= 0.6 is 0 Å². The lowest BCUT2D eigenvalue weighted by Gasteiger charge is -2.19. The summed E-state index contributed by atoms with van der Waals surface area (Å²) in [6, 6.07) is 11.7. The lowest BCUT2D eigenvalue weighted by Crippen LogP contribution is -2.28. The summed E-state index contributed by atoms with van der Waals surface area (Å²) < 4.78 is 34.9. The fourth-order valence-corrected chi connectivity index (χ4v) is 5.57. The second kappa shape index (κ2) is 9.72. The number of nitrogens with zero attached hydrogens (tertiary/aromatic N) is 3. The van der Waals surface area contributed by atoms with E-state index in [1.165, 1.54) is 16.6 Å². The van der Waals surface area contributed by atoms with Crippen molar-refractivity contribution in [3.63, 3.8) is 0 Å². The van der Waals surface area contributed by atoms with E-state index in [1.54, 1.807) is 41.9 Å². The van der Waals surface area contributed by atoms with Gasteiger partial charge in [0.05, 0.1) is 24.9 Å². The van der Waals surface area contributed by atoms with Crippen LogP contribution in [0.15, 0.2) is 58.4 Å². The van der Waals surface area contributed by atoms with Gasteiger partial charge in [-0.15, -0.1) is 0 Å². The van der Waals surface area contributed by atoms with Gasteiger partial charge in [0.2, 0.25) is 21.4 Å². The molecule has 0 unspecified atom stereocenters. The van der Waals surface area contributed by atoms with Crippen molar-refractivity contribution in [1.29, 1.82) is 0 Å². The van der Waals surface area contributed by atoms with Crippen LogP contribution < -0.4 is 15.5 Å². The van der Waals surface area contributed by atoms with Gasteiger partial charge in [0.25, 0.3) is 0 Å². The van der Waals surface area contributed by atoms with Crippen molar-refractivity contribution in [3.8, 4) is 5.75 Å². The average Bonchev–Trinajstić information content (AvgIpc) is 3.36. The molecule has 174 valence electrons. The Balaban J connectivity index is 1.51. The van der Waals surface area contributed by atoms with Gasteiger partial charge >= 0.3 is 0 Å². The first-order valence-corrected chi connectivity index (χ1v) is 12.4. The Bertz CT molecular complexity index is 1330. The average molecular weight is 471 g/mol. The third-order valence-electron chi connectivity index (χ3n) is 5.52. The molecule has 1 fully saturated rings. The molecule has 9 nitrogen and oxygen atoms in total. The highest BCUT2D eigenvalue weighted by atomic mass is 32.2. The second-order valence-electron chi connectivity index (χ2n) is 7.75. The Morgan fingerprint density at radius 1 is 1.15 bits per heavy atom. The predicted molar refractivity (Wildman–Crippen MR) is 125 cm³/mol. The highest BCUT2D eigenvalue weighted by Gasteiger charge is 2.30. The monoisotopic (exact) mass is 470 g/mol. The van der Waals surface area contributed by atoms with Crippen LogP contribution in [-0.4, -0.2) is 48.1 Å². The van der Waals surface area contributed by atoms with Gasteiger partial charge in [-0.05, 0) is 50.1 Å². The number of ether oxygens (including phenoxy) is 1. The van der Waals surface area contributed by atoms with E-state index in [0.717, 1.165) is 12.8 Å². The van der Waals surface area contributed by atoms with E-state index in [4.69, 9.17) is 4.74 Å². The molecule has 0 radical (unpaired) electrons. The van der Waals surface area contributed by atoms with E-state index in [9.17, 15) is 18.0 Å². The number of anilines is 1. The van der Waals surface area contributed by atoms with Crippen molar-refractivity contribution in [2.75, 3.05) is 25.0 Å². The summed E-state index contributed by atoms with van der Waals surface area (Å²) in [5.41, 5.74) is 0.851. The van der Waals surface area contributed by atoms with Crippen LogP contribution in [-0.2, 0) is 21.4 Å². The van der Waals surface area contributed by atoms with Gasteiger partial charge in [0.15, 0.2) is 0 Å². The first-order valence-electron chi connectivity index (χ1n) is 10.9. The first-order chi connectivity index (χ1) is 15.9. The SMILES string of the molecule is CCOc1ccc(NC(=O)CCn2ncc(=O)c3ccccc32)cc1S(=O)(=O)N1CCCC1. The number of carbonyl (C=O) groups excluding carboxylic acids is 1. The quantitative estimate of drug-likeness (QED) is 0.542. The summed E-state index contributed by atoms with van der Waals surface area (Å²) in [5, 5.41) is 7.43. The molecule has 33 heavy (non-hydrogen) atoms. The number of aromatic nitrogens is 2. The smallest absolute Gasteiger partial charge is 0.246 e. The zero-order chi connectivity index (χ0) is 23.4. The van der Waals surface area contributed by atoms with Gasteiger partial charge in [-0.3, -0.25) is 14.3 Å². The summed E-state index contributed by atoms with van der Waals surface area (Å²) in [4.78, 5) is 24.6. The fourth-order valence-electron chi connectivity index (χ4n) is 3.90. The Morgan fingerprint density at radius 2 is 1.91 bits per heavy atom. The molecule has 1 aliphatic rings. The van der Waals surface area contributed by atoms with Gasteiger partial charge in [-0.2, -0.15) is 9.40 Å². The number of rotatable bonds is 8. The number of aryl methyl sites for hydroxylation is 1.